The molecule has 1 fully saturated rings. The van der Waals surface area contributed by atoms with E-state index in [2.05, 4.69) is 20.4 Å². The van der Waals surface area contributed by atoms with Gasteiger partial charge in [-0.05, 0) is 18.6 Å². The Bertz CT molecular complexity index is 1260. The maximum absolute atomic E-state index is 14.6. The number of hydrogen-bond donors (Lipinski definition) is 2. The summed E-state index contributed by atoms with van der Waals surface area (Å²) in [5.74, 6) is 0.0324. The van der Waals surface area contributed by atoms with Gasteiger partial charge in [0.05, 0.1) is 24.5 Å². The molecule has 0 bridgehead atoms. The molecule has 4 aromatic heterocycles. The zero-order valence-corrected chi connectivity index (χ0v) is 16.2. The summed E-state index contributed by atoms with van der Waals surface area (Å²) in [5.41, 5.74) is 8.14. The number of ether oxygens (including phenoxy) is 1. The Morgan fingerprint density at radius 2 is 2.27 bits per heavy atom. The van der Waals surface area contributed by atoms with Crippen LogP contribution in [0.1, 0.15) is 22.8 Å². The minimum atomic E-state index is -1.12. The number of primary amides is 1. The Labute approximate surface area is 170 Å². The van der Waals surface area contributed by atoms with E-state index in [-0.39, 0.29) is 18.2 Å². The molecule has 1 saturated heterocycles. The van der Waals surface area contributed by atoms with Crippen molar-refractivity contribution in [2.75, 3.05) is 25.6 Å². The summed E-state index contributed by atoms with van der Waals surface area (Å²) >= 11 is 0. The van der Waals surface area contributed by atoms with Gasteiger partial charge in [0.15, 0.2) is 5.65 Å². The van der Waals surface area contributed by atoms with E-state index in [4.69, 9.17) is 10.5 Å². The predicted octanol–water partition coefficient (Wildman–Crippen LogP) is 2.19. The Morgan fingerprint density at radius 1 is 1.40 bits per heavy atom. The highest BCUT2D eigenvalue weighted by Gasteiger charge is 2.29. The quantitative estimate of drug-likeness (QED) is 0.534. The summed E-state index contributed by atoms with van der Waals surface area (Å²) in [5, 5.41) is 8.12. The highest BCUT2D eigenvalue weighted by molar-refractivity contribution is 6.00. The van der Waals surface area contributed by atoms with E-state index in [1.54, 1.807) is 13.2 Å². The van der Waals surface area contributed by atoms with Crippen LogP contribution in [0.3, 0.4) is 0 Å². The number of nitrogens with two attached hydrogens (primary N) is 1. The third-order valence-electron chi connectivity index (χ3n) is 5.47. The van der Waals surface area contributed by atoms with Gasteiger partial charge in [0.2, 0.25) is 0 Å². The first-order valence-corrected chi connectivity index (χ1v) is 9.62. The molecule has 5 rings (SSSR count). The number of amides is 1. The molecule has 9 nitrogen and oxygen atoms in total. The number of nitrogens with one attached hydrogen (secondary N) is 1. The monoisotopic (exact) mass is 409 g/mol. The molecule has 1 aliphatic rings. The zero-order valence-electron chi connectivity index (χ0n) is 16.2. The summed E-state index contributed by atoms with van der Waals surface area (Å²) in [4.78, 5) is 21.0. The molecular formula is C20H20FN7O2. The van der Waals surface area contributed by atoms with Crippen molar-refractivity contribution < 1.29 is 13.9 Å². The van der Waals surface area contributed by atoms with Gasteiger partial charge >= 0.3 is 0 Å². The van der Waals surface area contributed by atoms with Gasteiger partial charge in [-0.3, -0.25) is 4.79 Å². The van der Waals surface area contributed by atoms with Crippen molar-refractivity contribution in [1.82, 2.24) is 24.1 Å². The average Bonchev–Trinajstić information content (AvgIpc) is 3.35. The highest BCUT2D eigenvalue weighted by Crippen LogP contribution is 2.35. The van der Waals surface area contributed by atoms with Crippen molar-refractivity contribution in [3.05, 3.63) is 42.4 Å². The van der Waals surface area contributed by atoms with Crippen LogP contribution in [0.4, 0.5) is 10.2 Å². The molecule has 10 heteroatoms. The lowest BCUT2D eigenvalue weighted by atomic mass is 10.1. The molecule has 3 N–H and O–H groups in total. The molecule has 1 aliphatic heterocycles. The Hall–Kier alpha value is -3.53. The van der Waals surface area contributed by atoms with Crippen LogP contribution >= 0.6 is 0 Å². The third kappa shape index (κ3) is 2.79. The first-order chi connectivity index (χ1) is 14.6. The van der Waals surface area contributed by atoms with Crippen molar-refractivity contribution in [2.45, 2.75) is 18.6 Å². The Balaban J connectivity index is 1.74. The molecule has 0 aliphatic carbocycles. The van der Waals surface area contributed by atoms with E-state index >= 15 is 0 Å². The molecule has 30 heavy (non-hydrogen) atoms. The average molecular weight is 409 g/mol. The van der Waals surface area contributed by atoms with E-state index in [1.165, 1.54) is 10.7 Å². The molecule has 4 aromatic rings. The van der Waals surface area contributed by atoms with E-state index in [0.29, 0.717) is 35.8 Å². The van der Waals surface area contributed by atoms with Crippen LogP contribution in [-0.4, -0.2) is 56.5 Å². The first-order valence-electron chi connectivity index (χ1n) is 9.62. The van der Waals surface area contributed by atoms with Gasteiger partial charge in [-0.25, -0.2) is 14.4 Å². The fourth-order valence-corrected chi connectivity index (χ4v) is 4.00. The van der Waals surface area contributed by atoms with Crippen molar-refractivity contribution in [2.24, 2.45) is 5.73 Å². The van der Waals surface area contributed by atoms with Crippen LogP contribution in [0.25, 0.3) is 27.9 Å². The topological polar surface area (TPSA) is 112 Å². The van der Waals surface area contributed by atoms with E-state index < -0.39 is 12.1 Å². The van der Waals surface area contributed by atoms with Crippen LogP contribution in [0, 0.1) is 0 Å². The molecule has 5 heterocycles. The molecule has 0 aromatic carbocycles. The maximum atomic E-state index is 14.6. The number of alkyl halides is 1. The number of carbonyl (C=O) groups is 1. The predicted molar refractivity (Wildman–Crippen MR) is 109 cm³/mol. The molecule has 0 radical (unpaired) electrons. The minimum Gasteiger partial charge on any atom is -0.378 e. The lowest BCUT2D eigenvalue weighted by molar-refractivity contribution is 0.00443. The largest absolute Gasteiger partial charge is 0.378 e. The first kappa shape index (κ1) is 18.5. The van der Waals surface area contributed by atoms with Crippen LogP contribution in [0.2, 0.25) is 0 Å². The molecule has 154 valence electrons. The van der Waals surface area contributed by atoms with Crippen molar-refractivity contribution in [1.29, 1.82) is 0 Å². The third-order valence-corrected chi connectivity index (χ3v) is 5.47. The van der Waals surface area contributed by atoms with Crippen LogP contribution < -0.4 is 11.1 Å². The Kier molecular flexibility index (Phi) is 4.35. The molecule has 0 saturated carbocycles. The van der Waals surface area contributed by atoms with Gasteiger partial charge in [0.25, 0.3) is 5.91 Å². The number of rotatable bonds is 4. The van der Waals surface area contributed by atoms with Gasteiger partial charge in [0, 0.05) is 43.1 Å². The molecule has 1 amide bonds. The zero-order chi connectivity index (χ0) is 20.8. The number of halogens is 1. The molecular weight excluding hydrogens is 389 g/mol. The minimum absolute atomic E-state index is 0.0679. The van der Waals surface area contributed by atoms with Crippen molar-refractivity contribution in [3.8, 4) is 11.3 Å². The smallest absolute Gasteiger partial charge is 0.254 e. The Morgan fingerprint density at radius 3 is 3.03 bits per heavy atom. The summed E-state index contributed by atoms with van der Waals surface area (Å²) < 4.78 is 23.3. The number of hydrogen-bond acceptors (Lipinski definition) is 6. The van der Waals surface area contributed by atoms with Crippen LogP contribution in [-0.2, 0) is 4.74 Å². The SMILES string of the molecule is CNc1cc(-c2cn([C@H]3CCOC[C@@H]3F)c3ncccc23)nc2c(C(N)=O)cnn12. The number of pyridine rings is 1. The molecule has 0 spiro atoms. The standard InChI is InChI=1S/C20H20FN7O2/c1-23-17-7-15(26-20-12(18(22)29)8-25-28(17)20)13-9-27(16-4-6-30-10-14(16)21)19-11(13)3-2-5-24-19/h2-3,5,7-9,14,16,23H,4,6,10H2,1H3,(H2,22,29)/t14-,16-/m0/s1. The number of nitrogens with zero attached hydrogens (tertiary/aromatic N) is 5. The highest BCUT2D eigenvalue weighted by atomic mass is 19.1. The van der Waals surface area contributed by atoms with Gasteiger partial charge in [-0.2, -0.15) is 9.61 Å². The fourth-order valence-electron chi connectivity index (χ4n) is 4.00. The van der Waals surface area contributed by atoms with Crippen LogP contribution in [0.15, 0.2) is 36.8 Å². The maximum Gasteiger partial charge on any atom is 0.254 e. The normalized spacial score (nSPS) is 19.4. The van der Waals surface area contributed by atoms with Crippen molar-refractivity contribution >= 4 is 28.4 Å². The molecule has 0 unspecified atom stereocenters. The van der Waals surface area contributed by atoms with E-state index in [9.17, 15) is 9.18 Å². The molecule has 2 atom stereocenters. The van der Waals surface area contributed by atoms with Gasteiger partial charge in [-0.1, -0.05) is 0 Å². The second-order valence-corrected chi connectivity index (χ2v) is 7.21. The lowest BCUT2D eigenvalue weighted by Gasteiger charge is -2.27. The fraction of sp³-hybridized carbons (Fsp3) is 0.300. The van der Waals surface area contributed by atoms with Crippen molar-refractivity contribution in [3.63, 3.8) is 0 Å². The summed E-state index contributed by atoms with van der Waals surface area (Å²) in [6, 6.07) is 5.22. The van der Waals surface area contributed by atoms with Gasteiger partial charge in [-0.15, -0.1) is 0 Å². The lowest BCUT2D eigenvalue weighted by Crippen LogP contribution is -2.31. The number of anilines is 1. The van der Waals surface area contributed by atoms with Gasteiger partial charge in [0.1, 0.15) is 23.2 Å². The number of carbonyl (C=O) groups excluding carboxylic acids is 1. The summed E-state index contributed by atoms with van der Waals surface area (Å²) in [6.45, 7) is 0.567. The van der Waals surface area contributed by atoms with E-state index in [1.807, 2.05) is 29.0 Å². The number of aromatic nitrogens is 5. The number of fused-ring (bicyclic) bond motifs is 2. The van der Waals surface area contributed by atoms with Crippen LogP contribution in [0.5, 0.6) is 0 Å². The van der Waals surface area contributed by atoms with Gasteiger partial charge < -0.3 is 20.4 Å². The second-order valence-electron chi connectivity index (χ2n) is 7.21. The second kappa shape index (κ2) is 7.06. The summed E-state index contributed by atoms with van der Waals surface area (Å²) in [6.07, 6.45) is 4.40. The summed E-state index contributed by atoms with van der Waals surface area (Å²) in [7, 11) is 1.75. The van der Waals surface area contributed by atoms with E-state index in [0.717, 1.165) is 10.9 Å².